The van der Waals surface area contributed by atoms with Crippen LogP contribution in [-0.2, 0) is 6.11 Å². The summed E-state index contributed by atoms with van der Waals surface area (Å²) in [7, 11) is 0. The van der Waals surface area contributed by atoms with Gasteiger partial charge in [0.25, 0.3) is 0 Å². The Bertz CT molecular complexity index is 891. The van der Waals surface area contributed by atoms with Crippen LogP contribution in [0.15, 0.2) is 42.6 Å². The van der Waals surface area contributed by atoms with Gasteiger partial charge < -0.3 is 9.47 Å². The van der Waals surface area contributed by atoms with E-state index in [0.717, 1.165) is 49.8 Å². The minimum atomic E-state index is -4.09. The molecule has 0 amide bonds. The number of aromatic nitrogens is 1. The van der Waals surface area contributed by atoms with Gasteiger partial charge in [0.1, 0.15) is 5.56 Å². The number of alkyl halides is 2. The summed E-state index contributed by atoms with van der Waals surface area (Å²) in [5.41, 5.74) is -0.239. The molecule has 0 saturated heterocycles. The summed E-state index contributed by atoms with van der Waals surface area (Å²) < 4.78 is 66.6. The van der Waals surface area contributed by atoms with Gasteiger partial charge in [-0.1, -0.05) is 18.2 Å². The number of hydrogen-bond donors (Lipinski definition) is 0. The zero-order chi connectivity index (χ0) is 22.4. The van der Waals surface area contributed by atoms with Crippen LogP contribution in [0.25, 0.3) is 0 Å². The summed E-state index contributed by atoms with van der Waals surface area (Å²) in [5.74, 6) is -2.95. The molecular formula is C24H27F4NO2. The molecule has 3 nitrogen and oxygen atoms in total. The molecule has 1 saturated carbocycles. The maximum atomic E-state index is 14.5. The second-order valence-corrected chi connectivity index (χ2v) is 7.74. The van der Waals surface area contributed by atoms with E-state index in [2.05, 4.69) is 21.9 Å². The number of rotatable bonds is 8. The predicted octanol–water partition coefficient (Wildman–Crippen LogP) is 7.13. The Kier molecular flexibility index (Phi) is 7.57. The number of benzene rings is 1. The van der Waals surface area contributed by atoms with E-state index in [9.17, 15) is 17.6 Å². The van der Waals surface area contributed by atoms with E-state index in [0.29, 0.717) is 11.8 Å². The van der Waals surface area contributed by atoms with Crippen LogP contribution in [0.1, 0.15) is 63.0 Å². The van der Waals surface area contributed by atoms with Crippen LogP contribution in [-0.4, -0.2) is 11.6 Å². The van der Waals surface area contributed by atoms with Gasteiger partial charge in [0.15, 0.2) is 11.6 Å². The van der Waals surface area contributed by atoms with Gasteiger partial charge in [-0.3, -0.25) is 0 Å². The highest BCUT2D eigenvalue weighted by Gasteiger charge is 2.40. The van der Waals surface area contributed by atoms with Crippen molar-refractivity contribution in [1.82, 2.24) is 4.98 Å². The molecule has 0 bridgehead atoms. The molecule has 1 fully saturated rings. The maximum Gasteiger partial charge on any atom is 0.430 e. The number of hydrogen-bond acceptors (Lipinski definition) is 3. The third kappa shape index (κ3) is 5.57. The second-order valence-electron chi connectivity index (χ2n) is 7.74. The lowest BCUT2D eigenvalue weighted by atomic mass is 9.78. The fourth-order valence-electron chi connectivity index (χ4n) is 3.96. The molecule has 0 radical (unpaired) electrons. The topological polar surface area (TPSA) is 31.4 Å². The van der Waals surface area contributed by atoms with E-state index in [1.165, 1.54) is 12.3 Å². The van der Waals surface area contributed by atoms with E-state index >= 15 is 0 Å². The first-order valence-electron chi connectivity index (χ1n) is 10.6. The van der Waals surface area contributed by atoms with Gasteiger partial charge in [-0.25, -0.2) is 9.37 Å². The second kappa shape index (κ2) is 10.2. The van der Waals surface area contributed by atoms with Crippen molar-refractivity contribution in [2.45, 2.75) is 58.0 Å². The average molecular weight is 437 g/mol. The minimum Gasteiger partial charge on any atom is -0.491 e. The smallest absolute Gasteiger partial charge is 0.430 e. The van der Waals surface area contributed by atoms with Crippen LogP contribution in [0.4, 0.5) is 17.6 Å². The molecule has 1 aliphatic rings. The van der Waals surface area contributed by atoms with Crippen LogP contribution < -0.4 is 9.47 Å². The molecule has 1 aromatic heterocycles. The molecule has 1 aliphatic carbocycles. The van der Waals surface area contributed by atoms with E-state index in [4.69, 9.17) is 4.74 Å². The predicted molar refractivity (Wildman–Crippen MR) is 110 cm³/mol. The molecule has 2 aromatic rings. The lowest BCUT2D eigenvalue weighted by Crippen LogP contribution is -2.24. The number of nitrogens with zero attached hydrogens (tertiary/aromatic N) is 1. The molecule has 1 heterocycles. The first-order valence-corrected chi connectivity index (χ1v) is 10.6. The van der Waals surface area contributed by atoms with Crippen LogP contribution in [0.3, 0.4) is 0 Å². The Balaban J connectivity index is 1.66. The maximum absolute atomic E-state index is 14.5. The van der Waals surface area contributed by atoms with Gasteiger partial charge in [0.05, 0.1) is 6.61 Å². The molecule has 3 rings (SSSR count). The normalized spacial score (nSPS) is 19.5. The van der Waals surface area contributed by atoms with E-state index in [1.54, 1.807) is 13.0 Å². The highest BCUT2D eigenvalue weighted by atomic mass is 19.3. The van der Waals surface area contributed by atoms with Crippen LogP contribution in [0, 0.1) is 17.6 Å². The molecule has 0 spiro atoms. The number of allylic oxidation sites excluding steroid dienone is 2. The highest BCUT2D eigenvalue weighted by molar-refractivity contribution is 5.33. The van der Waals surface area contributed by atoms with Crippen LogP contribution >= 0.6 is 0 Å². The van der Waals surface area contributed by atoms with Crippen molar-refractivity contribution >= 4 is 0 Å². The first-order chi connectivity index (χ1) is 14.9. The largest absolute Gasteiger partial charge is 0.491 e. The van der Waals surface area contributed by atoms with Crippen molar-refractivity contribution in [2.75, 3.05) is 6.61 Å². The Morgan fingerprint density at radius 1 is 1.06 bits per heavy atom. The Labute approximate surface area is 180 Å². The van der Waals surface area contributed by atoms with Crippen molar-refractivity contribution < 1.29 is 27.0 Å². The number of ether oxygens (including phenoxy) is 2. The molecule has 168 valence electrons. The summed E-state index contributed by atoms with van der Waals surface area (Å²) in [4.78, 5) is 3.98. The zero-order valence-corrected chi connectivity index (χ0v) is 17.7. The Hall–Kier alpha value is -2.57. The third-order valence-electron chi connectivity index (χ3n) is 5.68. The van der Waals surface area contributed by atoms with Crippen molar-refractivity contribution in [2.24, 2.45) is 5.92 Å². The van der Waals surface area contributed by atoms with Gasteiger partial charge in [0, 0.05) is 12.3 Å². The van der Waals surface area contributed by atoms with Crippen LogP contribution in [0.2, 0.25) is 0 Å². The van der Waals surface area contributed by atoms with Crippen molar-refractivity contribution in [3.63, 3.8) is 0 Å². The molecule has 0 N–H and O–H groups in total. The van der Waals surface area contributed by atoms with Crippen molar-refractivity contribution in [3.8, 4) is 11.6 Å². The fourth-order valence-corrected chi connectivity index (χ4v) is 3.96. The van der Waals surface area contributed by atoms with Crippen molar-refractivity contribution in [1.29, 1.82) is 0 Å². The summed E-state index contributed by atoms with van der Waals surface area (Å²) >= 11 is 0. The van der Waals surface area contributed by atoms with E-state index in [-0.39, 0.29) is 12.5 Å². The van der Waals surface area contributed by atoms with Gasteiger partial charge in [-0.05, 0) is 75.5 Å². The summed E-state index contributed by atoms with van der Waals surface area (Å²) in [6, 6.07) is 4.77. The van der Waals surface area contributed by atoms with Gasteiger partial charge in [-0.2, -0.15) is 13.2 Å². The van der Waals surface area contributed by atoms with Gasteiger partial charge >= 0.3 is 6.11 Å². The molecular weight excluding hydrogens is 410 g/mol. The zero-order valence-electron chi connectivity index (χ0n) is 17.7. The standard InChI is InChI=1S/C24H27F4NO2/c1-3-5-6-16-7-9-17(10-8-16)18-11-14-21(29-15-18)31-24(27,28)19-12-13-20(30-4-2)23(26)22(19)25/h3,5,11-17H,4,6-10H2,1-2H3/b5-3+. The third-order valence-corrected chi connectivity index (χ3v) is 5.68. The van der Waals surface area contributed by atoms with Gasteiger partial charge in [-0.15, -0.1) is 0 Å². The summed E-state index contributed by atoms with van der Waals surface area (Å²) in [6.07, 6.45) is 7.07. The summed E-state index contributed by atoms with van der Waals surface area (Å²) in [6.45, 7) is 3.68. The highest BCUT2D eigenvalue weighted by Crippen LogP contribution is 2.38. The molecule has 0 unspecified atom stereocenters. The monoisotopic (exact) mass is 437 g/mol. The molecule has 1 aromatic carbocycles. The molecule has 0 atom stereocenters. The molecule has 7 heteroatoms. The number of pyridine rings is 1. The fraction of sp³-hybridized carbons (Fsp3) is 0.458. The lowest BCUT2D eigenvalue weighted by molar-refractivity contribution is -0.189. The van der Waals surface area contributed by atoms with Crippen LogP contribution in [0.5, 0.6) is 11.6 Å². The number of halogens is 4. The molecule has 0 aliphatic heterocycles. The van der Waals surface area contributed by atoms with Gasteiger partial charge in [0.2, 0.25) is 11.7 Å². The summed E-state index contributed by atoms with van der Waals surface area (Å²) in [5, 5.41) is 0. The average Bonchev–Trinajstić information content (AvgIpc) is 2.76. The SMILES string of the molecule is C/C=C/CC1CCC(c2ccc(OC(F)(F)c3ccc(OCC)c(F)c3F)nc2)CC1. The minimum absolute atomic E-state index is 0.0797. The van der Waals surface area contributed by atoms with E-state index < -0.39 is 29.1 Å². The quantitative estimate of drug-likeness (QED) is 0.325. The lowest BCUT2D eigenvalue weighted by Gasteiger charge is -2.28. The Morgan fingerprint density at radius 2 is 1.81 bits per heavy atom. The molecule has 31 heavy (non-hydrogen) atoms. The first kappa shape index (κ1) is 23.1. The van der Waals surface area contributed by atoms with Crippen molar-refractivity contribution in [3.05, 3.63) is 65.4 Å². The van der Waals surface area contributed by atoms with E-state index in [1.807, 2.05) is 6.92 Å². The Morgan fingerprint density at radius 3 is 2.42 bits per heavy atom.